The summed E-state index contributed by atoms with van der Waals surface area (Å²) in [7, 11) is 0. The first kappa shape index (κ1) is 11.2. The third kappa shape index (κ3) is 1.68. The fraction of sp³-hybridized carbons (Fsp3) is 0.0588. The summed E-state index contributed by atoms with van der Waals surface area (Å²) >= 11 is 1.84. The third-order valence-corrected chi connectivity index (χ3v) is 4.46. The summed E-state index contributed by atoms with van der Waals surface area (Å²) in [6, 6.07) is 15.2. The first-order valence-electron chi connectivity index (χ1n) is 6.04. The zero-order valence-electron chi connectivity index (χ0n) is 10.3. The average molecular weight is 250 g/mol. The fourth-order valence-electron chi connectivity index (χ4n) is 2.27. The van der Waals surface area contributed by atoms with Gasteiger partial charge in [0.1, 0.15) is 0 Å². The molecular weight excluding hydrogens is 236 g/mol. The van der Waals surface area contributed by atoms with Crippen LogP contribution in [-0.4, -0.2) is 0 Å². The van der Waals surface area contributed by atoms with E-state index < -0.39 is 0 Å². The molecule has 1 heterocycles. The van der Waals surface area contributed by atoms with Crippen LogP contribution in [0, 0.1) is 0 Å². The zero-order valence-corrected chi connectivity index (χ0v) is 11.1. The lowest BCUT2D eigenvalue weighted by Gasteiger charge is -1.97. The van der Waals surface area contributed by atoms with Crippen molar-refractivity contribution in [1.82, 2.24) is 0 Å². The van der Waals surface area contributed by atoms with Crippen molar-refractivity contribution >= 4 is 37.8 Å². The zero-order chi connectivity index (χ0) is 12.5. The lowest BCUT2D eigenvalue weighted by atomic mass is 10.1. The van der Waals surface area contributed by atoms with Gasteiger partial charge in [0.2, 0.25) is 0 Å². The Kier molecular flexibility index (Phi) is 2.77. The summed E-state index contributed by atoms with van der Waals surface area (Å²) in [5.41, 5.74) is 1.21. The number of hydrogen-bond donors (Lipinski definition) is 0. The third-order valence-electron chi connectivity index (χ3n) is 3.22. The molecule has 3 rings (SSSR count). The molecule has 3 aromatic rings. The molecule has 0 saturated heterocycles. The molecule has 1 heteroatoms. The van der Waals surface area contributed by atoms with Gasteiger partial charge in [-0.25, -0.2) is 0 Å². The van der Waals surface area contributed by atoms with Crippen molar-refractivity contribution in [1.29, 1.82) is 0 Å². The minimum absolute atomic E-state index is 1.21. The second-order valence-corrected chi connectivity index (χ2v) is 5.32. The van der Waals surface area contributed by atoms with Crippen LogP contribution in [0.5, 0.6) is 0 Å². The highest BCUT2D eigenvalue weighted by molar-refractivity contribution is 7.21. The average Bonchev–Trinajstić information content (AvgIpc) is 2.84. The van der Waals surface area contributed by atoms with Crippen molar-refractivity contribution in [2.45, 2.75) is 6.92 Å². The van der Waals surface area contributed by atoms with E-state index in [1.54, 1.807) is 0 Å². The molecule has 2 aromatic carbocycles. The van der Waals surface area contributed by atoms with Gasteiger partial charge in [-0.2, -0.15) is 0 Å². The second kappa shape index (κ2) is 4.43. The van der Waals surface area contributed by atoms with Gasteiger partial charge in [0.05, 0.1) is 0 Å². The Morgan fingerprint density at radius 3 is 2.67 bits per heavy atom. The van der Waals surface area contributed by atoms with Gasteiger partial charge in [0.25, 0.3) is 0 Å². The molecule has 0 aliphatic rings. The van der Waals surface area contributed by atoms with Crippen molar-refractivity contribution in [2.75, 3.05) is 0 Å². The molecule has 0 saturated carbocycles. The van der Waals surface area contributed by atoms with E-state index in [1.807, 2.05) is 17.4 Å². The predicted molar refractivity (Wildman–Crippen MR) is 83.2 cm³/mol. The van der Waals surface area contributed by atoms with Gasteiger partial charge in [0, 0.05) is 9.58 Å². The van der Waals surface area contributed by atoms with Crippen molar-refractivity contribution < 1.29 is 0 Å². The van der Waals surface area contributed by atoms with Gasteiger partial charge in [-0.05, 0) is 34.7 Å². The molecule has 0 N–H and O–H groups in total. The maximum Gasteiger partial charge on any atom is 0.0427 e. The van der Waals surface area contributed by atoms with Gasteiger partial charge in [-0.1, -0.05) is 55.1 Å². The van der Waals surface area contributed by atoms with Crippen LogP contribution in [0.15, 0.2) is 61.2 Å². The van der Waals surface area contributed by atoms with Crippen LogP contribution in [0.2, 0.25) is 0 Å². The Morgan fingerprint density at radius 2 is 1.89 bits per heavy atom. The molecule has 0 unspecified atom stereocenters. The van der Waals surface area contributed by atoms with E-state index in [-0.39, 0.29) is 0 Å². The number of fused-ring (bicyclic) bond motifs is 3. The number of thiophene rings is 1. The number of allylic oxidation sites excluding steroid dienone is 3. The summed E-state index contributed by atoms with van der Waals surface area (Å²) in [6.45, 7) is 5.93. The molecule has 0 nitrogen and oxygen atoms in total. The molecule has 0 atom stereocenters. The molecule has 0 fully saturated rings. The van der Waals surface area contributed by atoms with Crippen LogP contribution < -0.4 is 0 Å². The van der Waals surface area contributed by atoms with Crippen LogP contribution in [-0.2, 0) is 0 Å². The maximum absolute atomic E-state index is 3.88. The minimum Gasteiger partial charge on any atom is -0.135 e. The maximum atomic E-state index is 3.88. The summed E-state index contributed by atoms with van der Waals surface area (Å²) in [4.78, 5) is 1.29. The van der Waals surface area contributed by atoms with Gasteiger partial charge in [0.15, 0.2) is 0 Å². The molecular formula is C17H14S. The Bertz CT molecular complexity index is 759. The highest BCUT2D eigenvalue weighted by atomic mass is 32.1. The monoisotopic (exact) mass is 250 g/mol. The fourth-order valence-corrected chi connectivity index (χ4v) is 3.54. The molecule has 0 bridgehead atoms. The second-order valence-electron chi connectivity index (χ2n) is 4.26. The first-order chi connectivity index (χ1) is 8.83. The molecule has 0 spiro atoms. The van der Waals surface area contributed by atoms with Crippen molar-refractivity contribution in [2.24, 2.45) is 0 Å². The van der Waals surface area contributed by atoms with Crippen LogP contribution in [0.25, 0.3) is 26.4 Å². The van der Waals surface area contributed by atoms with E-state index in [0.29, 0.717) is 0 Å². The highest BCUT2D eigenvalue weighted by Gasteiger charge is 2.06. The van der Waals surface area contributed by atoms with Gasteiger partial charge in [-0.15, -0.1) is 11.3 Å². The van der Waals surface area contributed by atoms with Gasteiger partial charge < -0.3 is 0 Å². The largest absolute Gasteiger partial charge is 0.135 e. The van der Waals surface area contributed by atoms with Crippen LogP contribution >= 0.6 is 11.3 Å². The lowest BCUT2D eigenvalue weighted by molar-refractivity contribution is 1.73. The summed E-state index contributed by atoms with van der Waals surface area (Å²) in [5, 5.41) is 3.96. The van der Waals surface area contributed by atoms with Crippen LogP contribution in [0.3, 0.4) is 0 Å². The summed E-state index contributed by atoms with van der Waals surface area (Å²) in [5.74, 6) is 0. The Hall–Kier alpha value is -1.86. The molecule has 0 radical (unpaired) electrons. The van der Waals surface area contributed by atoms with E-state index in [4.69, 9.17) is 0 Å². The Labute approximate surface area is 111 Å². The van der Waals surface area contributed by atoms with E-state index in [1.165, 1.54) is 31.3 Å². The van der Waals surface area contributed by atoms with Gasteiger partial charge in [-0.3, -0.25) is 0 Å². The molecule has 88 valence electrons. The van der Waals surface area contributed by atoms with Crippen LogP contribution in [0.4, 0.5) is 0 Å². The van der Waals surface area contributed by atoms with Gasteiger partial charge >= 0.3 is 0 Å². The van der Waals surface area contributed by atoms with E-state index in [2.05, 4.69) is 62.0 Å². The molecule has 0 aliphatic heterocycles. The first-order valence-corrected chi connectivity index (χ1v) is 6.85. The van der Waals surface area contributed by atoms with E-state index >= 15 is 0 Å². The number of benzene rings is 2. The smallest absolute Gasteiger partial charge is 0.0427 e. The van der Waals surface area contributed by atoms with E-state index in [0.717, 1.165) is 0 Å². The minimum atomic E-state index is 1.21. The Morgan fingerprint density at radius 1 is 1.11 bits per heavy atom. The quantitative estimate of drug-likeness (QED) is 0.516. The van der Waals surface area contributed by atoms with Crippen molar-refractivity contribution in [3.63, 3.8) is 0 Å². The van der Waals surface area contributed by atoms with Crippen LogP contribution in [0.1, 0.15) is 11.8 Å². The van der Waals surface area contributed by atoms with Crippen molar-refractivity contribution in [3.05, 3.63) is 66.1 Å². The molecule has 1 aromatic heterocycles. The summed E-state index contributed by atoms with van der Waals surface area (Å²) in [6.07, 6.45) is 4.03. The highest BCUT2D eigenvalue weighted by Crippen LogP contribution is 2.35. The Balaban J connectivity index is 2.35. The van der Waals surface area contributed by atoms with Crippen molar-refractivity contribution in [3.8, 4) is 0 Å². The standard InChI is InChI=1S/C17H14S/c1-3-12(4-2)16-11-14-10-9-13-7-5-6-8-15(13)17(14)18-16/h3-11H,1H2,2H3. The van der Waals surface area contributed by atoms with E-state index in [9.17, 15) is 0 Å². The SMILES string of the molecule is C=CC(=CC)c1cc2ccc3ccccc3c2s1. The normalized spacial score (nSPS) is 12.2. The number of rotatable bonds is 2. The lowest BCUT2D eigenvalue weighted by Crippen LogP contribution is -1.70. The molecule has 0 amide bonds. The predicted octanol–water partition coefficient (Wildman–Crippen LogP) is 5.64. The topological polar surface area (TPSA) is 0 Å². The molecule has 18 heavy (non-hydrogen) atoms. The number of hydrogen-bond acceptors (Lipinski definition) is 1. The summed E-state index contributed by atoms with van der Waals surface area (Å²) < 4.78 is 1.37. The molecule has 0 aliphatic carbocycles.